The van der Waals surface area contributed by atoms with E-state index in [2.05, 4.69) is 5.32 Å². The summed E-state index contributed by atoms with van der Waals surface area (Å²) in [4.78, 5) is 23.8. The van der Waals surface area contributed by atoms with Crippen molar-refractivity contribution in [1.29, 1.82) is 0 Å². The maximum atomic E-state index is 12.2. The zero-order valence-electron chi connectivity index (χ0n) is 16.0. The predicted octanol–water partition coefficient (Wildman–Crippen LogP) is 2.92. The van der Waals surface area contributed by atoms with E-state index in [0.717, 1.165) is 15.1 Å². The lowest BCUT2D eigenvalue weighted by Gasteiger charge is -2.13. The van der Waals surface area contributed by atoms with Crippen LogP contribution in [0.5, 0.6) is 5.75 Å². The van der Waals surface area contributed by atoms with Crippen molar-refractivity contribution in [1.82, 2.24) is 4.31 Å². The fourth-order valence-electron chi connectivity index (χ4n) is 2.78. The summed E-state index contributed by atoms with van der Waals surface area (Å²) in [6.07, 6.45) is 0.708. The zero-order chi connectivity index (χ0) is 21.0. The van der Waals surface area contributed by atoms with Crippen LogP contribution in [0.25, 0.3) is 10.8 Å². The molecule has 0 heterocycles. The quantitative estimate of drug-likeness (QED) is 0.603. The number of ether oxygens (including phenoxy) is 1. The van der Waals surface area contributed by atoms with Crippen molar-refractivity contribution in [2.24, 2.45) is 0 Å². The van der Waals surface area contributed by atoms with Gasteiger partial charge >= 0.3 is 0 Å². The van der Waals surface area contributed by atoms with E-state index in [1.807, 2.05) is 30.3 Å². The van der Waals surface area contributed by atoms with E-state index in [0.29, 0.717) is 23.3 Å². The minimum atomic E-state index is -3.53. The Labute approximate surface area is 169 Å². The molecule has 0 radical (unpaired) electrons. The molecule has 0 aliphatic rings. The summed E-state index contributed by atoms with van der Waals surface area (Å²) in [5.74, 6) is -0.112. The Hall–Kier alpha value is -3.23. The molecule has 0 aliphatic carbocycles. The van der Waals surface area contributed by atoms with E-state index < -0.39 is 15.9 Å². The van der Waals surface area contributed by atoms with Gasteiger partial charge in [-0.2, -0.15) is 0 Å². The first-order chi connectivity index (χ1) is 13.8. The maximum Gasteiger partial charge on any atom is 0.262 e. The highest BCUT2D eigenvalue weighted by Crippen LogP contribution is 2.26. The van der Waals surface area contributed by atoms with Crippen LogP contribution >= 0.6 is 0 Å². The molecule has 3 rings (SSSR count). The number of benzene rings is 3. The van der Waals surface area contributed by atoms with Crippen molar-refractivity contribution >= 4 is 38.7 Å². The van der Waals surface area contributed by atoms with Crippen molar-refractivity contribution in [3.8, 4) is 5.75 Å². The van der Waals surface area contributed by atoms with Gasteiger partial charge in [0, 0.05) is 19.8 Å². The topological polar surface area (TPSA) is 92.8 Å². The molecule has 3 aromatic rings. The lowest BCUT2D eigenvalue weighted by atomic mass is 10.0. The van der Waals surface area contributed by atoms with Gasteiger partial charge in [-0.25, -0.2) is 12.7 Å². The predicted molar refractivity (Wildman–Crippen MR) is 111 cm³/mol. The molecule has 29 heavy (non-hydrogen) atoms. The number of anilines is 1. The zero-order valence-corrected chi connectivity index (χ0v) is 16.8. The second kappa shape index (κ2) is 8.42. The molecule has 0 spiro atoms. The Bertz CT molecular complexity index is 1160. The largest absolute Gasteiger partial charge is 0.483 e. The van der Waals surface area contributed by atoms with E-state index in [1.54, 1.807) is 6.07 Å². The molecule has 0 atom stereocenters. The molecular weight excluding hydrogens is 392 g/mol. The summed E-state index contributed by atoms with van der Waals surface area (Å²) in [6, 6.07) is 16.7. The number of rotatable bonds is 7. The van der Waals surface area contributed by atoms with Crippen LogP contribution in [0.3, 0.4) is 0 Å². The number of sulfonamides is 1. The third-order valence-electron chi connectivity index (χ3n) is 4.32. The summed E-state index contributed by atoms with van der Waals surface area (Å²) in [6.45, 7) is -0.295. The molecule has 0 fully saturated rings. The third kappa shape index (κ3) is 4.44. The molecule has 1 N–H and O–H groups in total. The fourth-order valence-corrected chi connectivity index (χ4v) is 3.69. The van der Waals surface area contributed by atoms with Crippen LogP contribution in [0.2, 0.25) is 0 Å². The molecule has 150 valence electrons. The molecule has 1 amide bonds. The van der Waals surface area contributed by atoms with Gasteiger partial charge in [-0.3, -0.25) is 9.59 Å². The summed E-state index contributed by atoms with van der Waals surface area (Å²) in [7, 11) is -0.637. The second-order valence-corrected chi connectivity index (χ2v) is 8.62. The van der Waals surface area contributed by atoms with Gasteiger partial charge in [0.05, 0.1) is 10.5 Å². The van der Waals surface area contributed by atoms with Gasteiger partial charge in [0.2, 0.25) is 10.0 Å². The number of amides is 1. The number of aldehydes is 1. The summed E-state index contributed by atoms with van der Waals surface area (Å²) < 4.78 is 30.8. The number of nitrogens with zero attached hydrogens (tertiary/aromatic N) is 1. The Balaban J connectivity index is 1.68. The van der Waals surface area contributed by atoms with Gasteiger partial charge < -0.3 is 10.1 Å². The standard InChI is InChI=1S/C21H20N2O5S/c1-23(2)29(26,27)17-10-8-16(9-11-17)22-21(25)14-28-20-12-7-15-5-3-4-6-18(15)19(20)13-24/h3-13H,14H2,1-2H3,(H,22,25). The number of carbonyl (C=O) groups is 2. The van der Waals surface area contributed by atoms with Crippen molar-refractivity contribution in [3.05, 3.63) is 66.2 Å². The number of carbonyl (C=O) groups excluding carboxylic acids is 2. The van der Waals surface area contributed by atoms with Gasteiger partial charge in [0.1, 0.15) is 5.75 Å². The molecule has 0 aromatic heterocycles. The molecular formula is C21H20N2O5S. The molecule has 0 saturated heterocycles. The highest BCUT2D eigenvalue weighted by Gasteiger charge is 2.17. The fraction of sp³-hybridized carbons (Fsp3) is 0.143. The molecule has 0 bridgehead atoms. The van der Waals surface area contributed by atoms with E-state index in [4.69, 9.17) is 4.74 Å². The molecule has 0 aliphatic heterocycles. The molecule has 7 nitrogen and oxygen atoms in total. The van der Waals surface area contributed by atoms with Crippen LogP contribution in [0, 0.1) is 0 Å². The minimum absolute atomic E-state index is 0.128. The van der Waals surface area contributed by atoms with Gasteiger partial charge in [-0.15, -0.1) is 0 Å². The van der Waals surface area contributed by atoms with Crippen LogP contribution in [-0.4, -0.2) is 45.6 Å². The number of nitrogens with one attached hydrogen (secondary N) is 1. The van der Waals surface area contributed by atoms with E-state index in [1.165, 1.54) is 38.4 Å². The van der Waals surface area contributed by atoms with Crippen LogP contribution < -0.4 is 10.1 Å². The van der Waals surface area contributed by atoms with Crippen LogP contribution in [0.15, 0.2) is 65.6 Å². The van der Waals surface area contributed by atoms with Gasteiger partial charge in [-0.1, -0.05) is 30.3 Å². The Kier molecular flexibility index (Phi) is 5.95. The summed E-state index contributed by atoms with van der Waals surface area (Å²) in [5, 5.41) is 4.28. The van der Waals surface area contributed by atoms with E-state index in [9.17, 15) is 18.0 Å². The van der Waals surface area contributed by atoms with Crippen molar-refractivity contribution in [3.63, 3.8) is 0 Å². The van der Waals surface area contributed by atoms with Crippen molar-refractivity contribution in [2.75, 3.05) is 26.0 Å². The summed E-state index contributed by atoms with van der Waals surface area (Å²) in [5.41, 5.74) is 0.819. The van der Waals surface area contributed by atoms with E-state index in [-0.39, 0.29) is 11.5 Å². The average Bonchev–Trinajstić information content (AvgIpc) is 2.72. The highest BCUT2D eigenvalue weighted by molar-refractivity contribution is 7.89. The number of fused-ring (bicyclic) bond motifs is 1. The highest BCUT2D eigenvalue weighted by atomic mass is 32.2. The Morgan fingerprint density at radius 1 is 1.03 bits per heavy atom. The van der Waals surface area contributed by atoms with Gasteiger partial charge in [-0.05, 0) is 41.1 Å². The second-order valence-electron chi connectivity index (χ2n) is 6.47. The Morgan fingerprint density at radius 2 is 1.72 bits per heavy atom. The first-order valence-corrected chi connectivity index (χ1v) is 10.2. The molecule has 0 saturated carbocycles. The van der Waals surface area contributed by atoms with Crippen LogP contribution in [0.4, 0.5) is 5.69 Å². The van der Waals surface area contributed by atoms with Crippen molar-refractivity contribution < 1.29 is 22.7 Å². The minimum Gasteiger partial charge on any atom is -0.483 e. The lowest BCUT2D eigenvalue weighted by Crippen LogP contribution is -2.22. The Morgan fingerprint density at radius 3 is 2.38 bits per heavy atom. The molecule has 3 aromatic carbocycles. The molecule has 0 unspecified atom stereocenters. The van der Waals surface area contributed by atoms with Gasteiger partial charge in [0.25, 0.3) is 5.91 Å². The van der Waals surface area contributed by atoms with Gasteiger partial charge in [0.15, 0.2) is 12.9 Å². The van der Waals surface area contributed by atoms with E-state index >= 15 is 0 Å². The monoisotopic (exact) mass is 412 g/mol. The third-order valence-corrected chi connectivity index (χ3v) is 6.15. The smallest absolute Gasteiger partial charge is 0.262 e. The summed E-state index contributed by atoms with van der Waals surface area (Å²) >= 11 is 0. The number of hydrogen-bond acceptors (Lipinski definition) is 5. The lowest BCUT2D eigenvalue weighted by molar-refractivity contribution is -0.118. The normalized spacial score (nSPS) is 11.4. The first kappa shape index (κ1) is 20.5. The number of hydrogen-bond donors (Lipinski definition) is 1. The first-order valence-electron chi connectivity index (χ1n) is 8.75. The average molecular weight is 412 g/mol. The SMILES string of the molecule is CN(C)S(=O)(=O)c1ccc(NC(=O)COc2ccc3ccccc3c2C=O)cc1. The molecule has 8 heteroatoms. The van der Waals surface area contributed by atoms with Crippen LogP contribution in [0.1, 0.15) is 10.4 Å². The maximum absolute atomic E-state index is 12.2. The van der Waals surface area contributed by atoms with Crippen molar-refractivity contribution in [2.45, 2.75) is 4.90 Å². The van der Waals surface area contributed by atoms with Crippen LogP contribution in [-0.2, 0) is 14.8 Å².